The Morgan fingerprint density at radius 1 is 1.04 bits per heavy atom. The summed E-state index contributed by atoms with van der Waals surface area (Å²) in [5.41, 5.74) is 5.34. The first-order valence-corrected chi connectivity index (χ1v) is 15.6. The average molecular weight is 668 g/mol. The Morgan fingerprint density at radius 2 is 1.77 bits per heavy atom. The van der Waals surface area contributed by atoms with Gasteiger partial charge in [-0.15, -0.1) is 11.3 Å². The number of methoxy groups -OCH3 is 1. The third kappa shape index (κ3) is 6.61. The number of aromatic nitrogens is 4. The van der Waals surface area contributed by atoms with Gasteiger partial charge < -0.3 is 9.84 Å². The van der Waals surface area contributed by atoms with Gasteiger partial charge in [-0.05, 0) is 53.4 Å². The van der Waals surface area contributed by atoms with Crippen LogP contribution in [-0.4, -0.2) is 44.1 Å². The number of aliphatic carboxylic acids is 1. The van der Waals surface area contributed by atoms with Gasteiger partial charge in [0.25, 0.3) is 5.56 Å². The molecule has 3 N–H and O–H groups in total. The van der Waals surface area contributed by atoms with Gasteiger partial charge in [0.05, 0.1) is 24.7 Å². The molecule has 0 aliphatic rings. The van der Waals surface area contributed by atoms with Crippen LogP contribution in [0.4, 0.5) is 0 Å². The second kappa shape index (κ2) is 13.8. The van der Waals surface area contributed by atoms with Gasteiger partial charge >= 0.3 is 17.4 Å². The second-order valence-electron chi connectivity index (χ2n) is 10.6. The van der Waals surface area contributed by atoms with Crippen LogP contribution >= 0.6 is 11.3 Å². The number of hydroxylamine groups is 1. The maximum atomic E-state index is 14.1. The largest absolute Gasteiger partial charge is 0.497 e. The number of carboxylic acid groups (broad SMARTS) is 1. The topological polar surface area (TPSA) is 171 Å². The Labute approximate surface area is 275 Å². The molecule has 0 amide bonds. The van der Waals surface area contributed by atoms with Gasteiger partial charge in [-0.25, -0.2) is 19.0 Å². The number of aryl methyl sites for hydroxylation is 1. The molecule has 6 aromatic rings. The zero-order chi connectivity index (χ0) is 33.8. The highest BCUT2D eigenvalue weighted by Gasteiger charge is 2.18. The second-order valence-corrected chi connectivity index (χ2v) is 11.7. The van der Waals surface area contributed by atoms with E-state index in [9.17, 15) is 19.2 Å². The molecular weight excluding hydrogens is 638 g/mol. The number of hydrogen-bond donors (Lipinski definition) is 3. The van der Waals surface area contributed by atoms with E-state index in [0.717, 1.165) is 26.1 Å². The first-order chi connectivity index (χ1) is 23.2. The zero-order valence-corrected chi connectivity index (χ0v) is 26.6. The molecule has 0 bridgehead atoms. The predicted molar refractivity (Wildman–Crippen MR) is 181 cm³/mol. The van der Waals surface area contributed by atoms with E-state index in [1.807, 2.05) is 55.5 Å². The van der Waals surface area contributed by atoms with E-state index in [2.05, 4.69) is 15.6 Å². The summed E-state index contributed by atoms with van der Waals surface area (Å²) in [7, 11) is 1.52. The minimum Gasteiger partial charge on any atom is -0.497 e. The van der Waals surface area contributed by atoms with Gasteiger partial charge in [-0.3, -0.25) is 29.2 Å². The fourth-order valence-electron chi connectivity index (χ4n) is 5.14. The number of nitrogens with zero attached hydrogens (tertiary/aromatic N) is 3. The number of rotatable bonds is 12. The summed E-state index contributed by atoms with van der Waals surface area (Å²) in [6, 6.07) is 23.6. The number of ether oxygens (including phenoxy) is 1. The van der Waals surface area contributed by atoms with Crippen molar-refractivity contribution in [3.05, 3.63) is 126 Å². The van der Waals surface area contributed by atoms with Crippen molar-refractivity contribution in [3.8, 4) is 28.3 Å². The minimum atomic E-state index is -1.20. The van der Waals surface area contributed by atoms with Crippen molar-refractivity contribution >= 4 is 39.4 Å². The highest BCUT2D eigenvalue weighted by atomic mass is 32.1. The van der Waals surface area contributed by atoms with Crippen LogP contribution in [0.2, 0.25) is 0 Å². The molecule has 48 heavy (non-hydrogen) atoms. The maximum absolute atomic E-state index is 14.1. The molecule has 0 radical (unpaired) electrons. The smallest absolute Gasteiger partial charge is 0.439 e. The molecule has 0 aliphatic heterocycles. The third-order valence-electron chi connectivity index (χ3n) is 7.51. The lowest BCUT2D eigenvalue weighted by Crippen LogP contribution is -2.37. The number of aromatic amines is 1. The number of benzene rings is 3. The van der Waals surface area contributed by atoms with Crippen LogP contribution in [-0.2, 0) is 22.6 Å². The Bertz CT molecular complexity index is 2310. The summed E-state index contributed by atoms with van der Waals surface area (Å²) in [5.74, 6) is -0.961. The van der Waals surface area contributed by atoms with Crippen molar-refractivity contribution in [2.24, 2.45) is 0 Å². The van der Waals surface area contributed by atoms with E-state index in [-0.39, 0.29) is 12.2 Å². The molecule has 13 nitrogen and oxygen atoms in total. The molecule has 0 spiro atoms. The summed E-state index contributed by atoms with van der Waals surface area (Å²) in [6.45, 7) is 1.47. The van der Waals surface area contributed by atoms with Gasteiger partial charge in [0.1, 0.15) is 10.6 Å². The van der Waals surface area contributed by atoms with Crippen molar-refractivity contribution < 1.29 is 24.0 Å². The normalized spacial score (nSPS) is 11.6. The highest BCUT2D eigenvalue weighted by Crippen LogP contribution is 2.30. The number of thiophene rings is 1. The lowest BCUT2D eigenvalue weighted by atomic mass is 9.98. The molecule has 0 atom stereocenters. The number of hydrogen-bond acceptors (Lipinski definition) is 10. The molecule has 0 aliphatic carbocycles. The van der Waals surface area contributed by atoms with E-state index < -0.39 is 29.6 Å². The fourth-order valence-corrected chi connectivity index (χ4v) is 6.22. The van der Waals surface area contributed by atoms with Crippen molar-refractivity contribution in [2.75, 3.05) is 13.7 Å². The minimum absolute atomic E-state index is 0.159. The van der Waals surface area contributed by atoms with E-state index >= 15 is 0 Å². The first-order valence-electron chi connectivity index (χ1n) is 14.7. The summed E-state index contributed by atoms with van der Waals surface area (Å²) < 4.78 is 12.5. The van der Waals surface area contributed by atoms with Crippen LogP contribution in [0.5, 0.6) is 5.75 Å². The summed E-state index contributed by atoms with van der Waals surface area (Å²) in [6.07, 6.45) is 1.98. The van der Waals surface area contributed by atoms with E-state index in [1.54, 1.807) is 34.9 Å². The molecule has 0 saturated carbocycles. The van der Waals surface area contributed by atoms with Gasteiger partial charge in [-0.1, -0.05) is 60.6 Å². The number of H-pyrrole nitrogens is 1. The summed E-state index contributed by atoms with van der Waals surface area (Å²) in [5, 5.41) is 13.3. The zero-order valence-electron chi connectivity index (χ0n) is 25.8. The van der Waals surface area contributed by atoms with Gasteiger partial charge in [0.15, 0.2) is 12.4 Å². The quantitative estimate of drug-likeness (QED) is 0.159. The lowest BCUT2D eigenvalue weighted by Gasteiger charge is -2.14. The molecule has 6 rings (SSSR count). The van der Waals surface area contributed by atoms with E-state index in [0.29, 0.717) is 39.3 Å². The molecule has 244 valence electrons. The Kier molecular flexibility index (Phi) is 9.18. The fraction of sp³-hybridized carbons (Fsp3) is 0.147. The standard InChI is InChI=1S/C34H29N5O8S/c1-3-24-16-27-31(42)38(18-28(36-46-19-29(40)41)22-12-14-23(45-2)15-13-22)34(44)39(32(27)48-24)17-20-8-10-21(11-9-20)25-6-4-5-7-26(25)30-35-33(43)47-37-30/h4-16,18,36H,3,17,19H2,1-2H3,(H,40,41)(H,35,37,43). The van der Waals surface area contributed by atoms with Crippen molar-refractivity contribution in [1.82, 2.24) is 24.8 Å². The number of nitrogens with one attached hydrogen (secondary N) is 2. The van der Waals surface area contributed by atoms with Crippen LogP contribution in [0.1, 0.15) is 22.9 Å². The SMILES string of the molecule is CCc1cc2c(=O)n(C=C(NOCC(=O)O)c3ccc(OC)cc3)c(=O)n(Cc3ccc(-c4ccccc4-c4noc(=O)[nH]4)cc3)c2s1. The molecule has 3 aromatic carbocycles. The van der Waals surface area contributed by atoms with Gasteiger partial charge in [0.2, 0.25) is 0 Å². The Hall–Kier alpha value is -5.99. The average Bonchev–Trinajstić information content (AvgIpc) is 3.74. The molecule has 0 saturated heterocycles. The van der Waals surface area contributed by atoms with Crippen LogP contribution in [0.15, 0.2) is 97.8 Å². The Balaban J connectivity index is 1.42. The summed E-state index contributed by atoms with van der Waals surface area (Å²) >= 11 is 1.38. The van der Waals surface area contributed by atoms with Crippen LogP contribution in [0, 0.1) is 0 Å². The van der Waals surface area contributed by atoms with Crippen molar-refractivity contribution in [2.45, 2.75) is 19.9 Å². The molecule has 0 fully saturated rings. The molecule has 0 unspecified atom stereocenters. The summed E-state index contributed by atoms with van der Waals surface area (Å²) in [4.78, 5) is 59.8. The van der Waals surface area contributed by atoms with E-state index in [1.165, 1.54) is 24.6 Å². The van der Waals surface area contributed by atoms with Crippen LogP contribution < -0.4 is 27.2 Å². The molecule has 3 aromatic heterocycles. The molecule has 3 heterocycles. The lowest BCUT2D eigenvalue weighted by molar-refractivity contribution is -0.143. The molecule has 14 heteroatoms. The molecular formula is C34H29N5O8S. The highest BCUT2D eigenvalue weighted by molar-refractivity contribution is 7.18. The third-order valence-corrected chi connectivity index (χ3v) is 8.81. The van der Waals surface area contributed by atoms with E-state index in [4.69, 9.17) is 19.2 Å². The van der Waals surface area contributed by atoms with Gasteiger partial charge in [0, 0.05) is 22.2 Å². The Morgan fingerprint density at radius 3 is 2.42 bits per heavy atom. The predicted octanol–water partition coefficient (Wildman–Crippen LogP) is 4.42. The van der Waals surface area contributed by atoms with Crippen molar-refractivity contribution in [3.63, 3.8) is 0 Å². The first kappa shape index (κ1) is 32.0. The number of carboxylic acids is 1. The van der Waals surface area contributed by atoms with Crippen LogP contribution in [0.25, 0.3) is 44.6 Å². The van der Waals surface area contributed by atoms with Gasteiger partial charge in [-0.2, -0.15) is 0 Å². The number of carbonyl (C=O) groups is 1. The number of fused-ring (bicyclic) bond motifs is 1. The van der Waals surface area contributed by atoms with Crippen LogP contribution in [0.3, 0.4) is 0 Å². The monoisotopic (exact) mass is 667 g/mol. The van der Waals surface area contributed by atoms with Crippen molar-refractivity contribution in [1.29, 1.82) is 0 Å². The maximum Gasteiger partial charge on any atom is 0.439 e.